The standard InChI is InChI=1S/C12H10N2O2.C12H12N2O/c1-7-12-8-4-2-3-5-9(8)13-11(15)6-10(12)14-16-7;1-8-12-9-4-2-3-5-10(9)13-7-6-11(12)14-15-8/h2-5H,6H2,1H3,(H,13,15);2-5,13H,6-7H2,1H3. The molecule has 31 heavy (non-hydrogen) atoms. The van der Waals surface area contributed by atoms with Crippen LogP contribution < -0.4 is 10.6 Å². The van der Waals surface area contributed by atoms with Crippen molar-refractivity contribution in [2.45, 2.75) is 26.7 Å². The highest BCUT2D eigenvalue weighted by molar-refractivity contribution is 6.00. The van der Waals surface area contributed by atoms with Crippen molar-refractivity contribution in [3.8, 4) is 22.3 Å². The Bertz CT molecular complexity index is 1270. The molecule has 4 heterocycles. The molecule has 7 nitrogen and oxygen atoms in total. The fourth-order valence-electron chi connectivity index (χ4n) is 4.15. The summed E-state index contributed by atoms with van der Waals surface area (Å²) in [7, 11) is 0. The Kier molecular flexibility index (Phi) is 4.78. The van der Waals surface area contributed by atoms with Crippen LogP contribution in [0.1, 0.15) is 22.9 Å². The predicted octanol–water partition coefficient (Wildman–Crippen LogP) is 4.76. The summed E-state index contributed by atoms with van der Waals surface area (Å²) in [4.78, 5) is 11.6. The maximum Gasteiger partial charge on any atom is 0.230 e. The summed E-state index contributed by atoms with van der Waals surface area (Å²) in [5.74, 6) is 1.60. The lowest BCUT2D eigenvalue weighted by Crippen LogP contribution is -2.12. The molecule has 0 saturated carbocycles. The van der Waals surface area contributed by atoms with Gasteiger partial charge in [-0.15, -0.1) is 0 Å². The van der Waals surface area contributed by atoms with Gasteiger partial charge >= 0.3 is 0 Å². The van der Waals surface area contributed by atoms with Crippen molar-refractivity contribution >= 4 is 17.3 Å². The Morgan fingerprint density at radius 1 is 0.806 bits per heavy atom. The smallest absolute Gasteiger partial charge is 0.230 e. The quantitative estimate of drug-likeness (QED) is 0.431. The molecule has 0 atom stereocenters. The van der Waals surface area contributed by atoms with Crippen molar-refractivity contribution in [2.75, 3.05) is 17.2 Å². The van der Waals surface area contributed by atoms with Crippen LogP contribution in [0.25, 0.3) is 22.3 Å². The largest absolute Gasteiger partial charge is 0.384 e. The first-order chi connectivity index (χ1) is 15.1. The van der Waals surface area contributed by atoms with Crippen LogP contribution in [0.3, 0.4) is 0 Å². The van der Waals surface area contributed by atoms with E-state index < -0.39 is 0 Å². The molecule has 156 valence electrons. The van der Waals surface area contributed by atoms with Crippen molar-refractivity contribution in [3.05, 3.63) is 71.4 Å². The summed E-state index contributed by atoms with van der Waals surface area (Å²) in [6.07, 6.45) is 1.18. The van der Waals surface area contributed by atoms with Gasteiger partial charge < -0.3 is 19.7 Å². The number of hydrogen-bond donors (Lipinski definition) is 2. The number of aromatic nitrogens is 2. The average molecular weight is 414 g/mol. The minimum absolute atomic E-state index is 0.0560. The normalized spacial score (nSPS) is 13.7. The zero-order chi connectivity index (χ0) is 21.4. The Hall–Kier alpha value is -3.87. The highest BCUT2D eigenvalue weighted by Crippen LogP contribution is 2.36. The molecule has 4 aromatic rings. The first-order valence-corrected chi connectivity index (χ1v) is 10.2. The molecule has 6 rings (SSSR count). The van der Waals surface area contributed by atoms with Crippen LogP contribution in [-0.2, 0) is 17.6 Å². The zero-order valence-corrected chi connectivity index (χ0v) is 17.4. The second kappa shape index (κ2) is 7.75. The van der Waals surface area contributed by atoms with Gasteiger partial charge in [0.25, 0.3) is 0 Å². The molecule has 0 unspecified atom stereocenters. The van der Waals surface area contributed by atoms with E-state index in [0.29, 0.717) is 5.69 Å². The molecule has 0 spiro atoms. The topological polar surface area (TPSA) is 93.2 Å². The monoisotopic (exact) mass is 414 g/mol. The number of fused-ring (bicyclic) bond motifs is 6. The lowest BCUT2D eigenvalue weighted by Gasteiger charge is -2.06. The van der Waals surface area contributed by atoms with E-state index >= 15 is 0 Å². The second-order valence-electron chi connectivity index (χ2n) is 7.61. The molecule has 1 amide bonds. The Morgan fingerprint density at radius 2 is 1.39 bits per heavy atom. The van der Waals surface area contributed by atoms with Crippen LogP contribution in [0.5, 0.6) is 0 Å². The Morgan fingerprint density at radius 3 is 2.13 bits per heavy atom. The number of amides is 1. The number of rotatable bonds is 0. The number of anilines is 2. The van der Waals surface area contributed by atoms with E-state index in [-0.39, 0.29) is 12.3 Å². The first kappa shape index (κ1) is 19.1. The van der Waals surface area contributed by atoms with E-state index in [9.17, 15) is 4.79 Å². The van der Waals surface area contributed by atoms with E-state index in [2.05, 4.69) is 33.1 Å². The van der Waals surface area contributed by atoms with Gasteiger partial charge in [0.2, 0.25) is 5.91 Å². The number of nitrogens with one attached hydrogen (secondary N) is 2. The molecule has 7 heteroatoms. The number of carbonyl (C=O) groups is 1. The Balaban J connectivity index is 0.000000132. The molecular weight excluding hydrogens is 392 g/mol. The summed E-state index contributed by atoms with van der Waals surface area (Å²) >= 11 is 0. The van der Waals surface area contributed by atoms with Gasteiger partial charge in [0.15, 0.2) is 0 Å². The fraction of sp³-hybridized carbons (Fsp3) is 0.208. The van der Waals surface area contributed by atoms with Gasteiger partial charge in [0, 0.05) is 41.0 Å². The molecule has 0 fully saturated rings. The number of hydrogen-bond acceptors (Lipinski definition) is 6. The number of aryl methyl sites for hydroxylation is 2. The summed E-state index contributed by atoms with van der Waals surface area (Å²) < 4.78 is 10.4. The van der Waals surface area contributed by atoms with Crippen LogP contribution in [0.2, 0.25) is 0 Å². The molecule has 2 N–H and O–H groups in total. The molecule has 2 aromatic carbocycles. The van der Waals surface area contributed by atoms with Crippen LogP contribution in [0, 0.1) is 13.8 Å². The maximum absolute atomic E-state index is 11.6. The zero-order valence-electron chi connectivity index (χ0n) is 17.4. The van der Waals surface area contributed by atoms with Gasteiger partial charge in [-0.05, 0) is 26.0 Å². The molecule has 0 radical (unpaired) electrons. The first-order valence-electron chi connectivity index (χ1n) is 10.2. The highest BCUT2D eigenvalue weighted by atomic mass is 16.5. The van der Waals surface area contributed by atoms with Crippen LogP contribution in [0.4, 0.5) is 11.4 Å². The van der Waals surface area contributed by atoms with Crippen molar-refractivity contribution in [1.82, 2.24) is 10.3 Å². The Labute approximate surface area is 179 Å². The predicted molar refractivity (Wildman–Crippen MR) is 118 cm³/mol. The van der Waals surface area contributed by atoms with Gasteiger partial charge in [0.05, 0.1) is 17.7 Å². The molecule has 0 saturated heterocycles. The van der Waals surface area contributed by atoms with E-state index in [4.69, 9.17) is 9.05 Å². The SMILES string of the molecule is Cc1onc2c1-c1ccccc1NC(=O)C2.Cc1onc2c1-c1ccccc1NCC2. The average Bonchev–Trinajstić information content (AvgIpc) is 3.19. The molecule has 2 aromatic heterocycles. The lowest BCUT2D eigenvalue weighted by molar-refractivity contribution is -0.115. The molecular formula is C24H22N4O3. The summed E-state index contributed by atoms with van der Waals surface area (Å²) in [5, 5.41) is 14.3. The highest BCUT2D eigenvalue weighted by Gasteiger charge is 2.24. The van der Waals surface area contributed by atoms with Crippen molar-refractivity contribution in [2.24, 2.45) is 0 Å². The lowest BCUT2D eigenvalue weighted by atomic mass is 10.0. The molecule has 0 aliphatic carbocycles. The summed E-state index contributed by atoms with van der Waals surface area (Å²) in [5.41, 5.74) is 8.03. The van der Waals surface area contributed by atoms with Crippen LogP contribution in [0.15, 0.2) is 57.6 Å². The van der Waals surface area contributed by atoms with E-state index in [1.807, 2.05) is 50.2 Å². The summed E-state index contributed by atoms with van der Waals surface area (Å²) in [6, 6.07) is 16.0. The van der Waals surface area contributed by atoms with Crippen molar-refractivity contribution in [3.63, 3.8) is 0 Å². The van der Waals surface area contributed by atoms with E-state index in [1.165, 1.54) is 11.3 Å². The number of nitrogens with zero attached hydrogens (tertiary/aromatic N) is 2. The fourth-order valence-corrected chi connectivity index (χ4v) is 4.15. The van der Waals surface area contributed by atoms with Gasteiger partial charge in [-0.2, -0.15) is 0 Å². The molecule has 2 aliphatic heterocycles. The maximum atomic E-state index is 11.6. The van der Waals surface area contributed by atoms with E-state index in [1.54, 1.807) is 0 Å². The number of para-hydroxylation sites is 2. The minimum atomic E-state index is -0.0560. The number of carbonyl (C=O) groups excluding carboxylic acids is 1. The third-order valence-electron chi connectivity index (χ3n) is 5.54. The van der Waals surface area contributed by atoms with Gasteiger partial charge in [-0.1, -0.05) is 46.7 Å². The third-order valence-corrected chi connectivity index (χ3v) is 5.54. The van der Waals surface area contributed by atoms with Crippen LogP contribution >= 0.6 is 0 Å². The minimum Gasteiger partial charge on any atom is -0.384 e. The van der Waals surface area contributed by atoms with Crippen LogP contribution in [-0.4, -0.2) is 22.8 Å². The molecule has 2 aliphatic rings. The van der Waals surface area contributed by atoms with E-state index in [0.717, 1.165) is 52.6 Å². The third kappa shape index (κ3) is 3.48. The molecule has 0 bridgehead atoms. The number of benzene rings is 2. The van der Waals surface area contributed by atoms with Gasteiger partial charge in [0.1, 0.15) is 17.2 Å². The van der Waals surface area contributed by atoms with Crippen molar-refractivity contribution in [1.29, 1.82) is 0 Å². The van der Waals surface area contributed by atoms with Gasteiger partial charge in [-0.3, -0.25) is 4.79 Å². The van der Waals surface area contributed by atoms with Gasteiger partial charge in [-0.25, -0.2) is 0 Å². The summed E-state index contributed by atoms with van der Waals surface area (Å²) in [6.45, 7) is 4.74. The second-order valence-corrected chi connectivity index (χ2v) is 7.61. The van der Waals surface area contributed by atoms with Crippen molar-refractivity contribution < 1.29 is 13.8 Å².